The Morgan fingerprint density at radius 3 is 1.43 bits per heavy atom. The molecular weight excluding hydrogens is 460 g/mol. The second-order valence-electron chi connectivity index (χ2n) is 8.66. The van der Waals surface area contributed by atoms with Gasteiger partial charge in [0.05, 0.1) is 0 Å². The Morgan fingerprint density at radius 1 is 0.486 bits per heavy atom. The van der Waals surface area contributed by atoms with E-state index in [1.54, 1.807) is 42.5 Å². The monoisotopic (exact) mass is 484 g/mol. The molecule has 0 amide bonds. The predicted molar refractivity (Wildman–Crippen MR) is 147 cm³/mol. The minimum absolute atomic E-state index is 0.0936. The highest BCUT2D eigenvalue weighted by molar-refractivity contribution is 6.12. The highest BCUT2D eigenvalue weighted by Gasteiger charge is 2.19. The van der Waals surface area contributed by atoms with Gasteiger partial charge in [0.25, 0.3) is 0 Å². The zero-order valence-corrected chi connectivity index (χ0v) is 19.9. The summed E-state index contributed by atoms with van der Waals surface area (Å²) in [7, 11) is 0. The van der Waals surface area contributed by atoms with Crippen molar-refractivity contribution in [3.8, 4) is 39.5 Å². The number of rotatable bonds is 6. The van der Waals surface area contributed by atoms with Crippen molar-refractivity contribution in [2.45, 2.75) is 0 Å². The lowest BCUT2D eigenvalue weighted by Gasteiger charge is -2.19. The summed E-state index contributed by atoms with van der Waals surface area (Å²) in [5.41, 5.74) is 6.43. The van der Waals surface area contributed by atoms with E-state index in [0.717, 1.165) is 39.0 Å². The molecule has 0 aliphatic heterocycles. The largest absolute Gasteiger partial charge is 0.508 e. The van der Waals surface area contributed by atoms with Crippen LogP contribution in [0, 0.1) is 0 Å². The van der Waals surface area contributed by atoms with E-state index in [-0.39, 0.29) is 23.0 Å². The van der Waals surface area contributed by atoms with Crippen LogP contribution in [0.4, 0.5) is 0 Å². The minimum Gasteiger partial charge on any atom is -0.508 e. The standard InChI is InChI=1S/C33H24O4/c34-26-15-9-23(10-16-26)29-7-4-8-30(24-11-17-27(35)18-12-24)33(29)31(22-5-2-1-3-6-22)21-32(37)25-13-19-28(36)20-14-25/h1-21,34-36H/b31-21+. The van der Waals surface area contributed by atoms with Crippen molar-refractivity contribution >= 4 is 11.4 Å². The molecule has 0 saturated heterocycles. The molecule has 37 heavy (non-hydrogen) atoms. The van der Waals surface area contributed by atoms with Crippen LogP contribution >= 0.6 is 0 Å². The molecular formula is C33H24O4. The van der Waals surface area contributed by atoms with E-state index < -0.39 is 0 Å². The summed E-state index contributed by atoms with van der Waals surface area (Å²) in [6.45, 7) is 0. The van der Waals surface area contributed by atoms with E-state index in [0.29, 0.717) is 5.56 Å². The first kappa shape index (κ1) is 23.6. The van der Waals surface area contributed by atoms with E-state index in [4.69, 9.17) is 0 Å². The third kappa shape index (κ3) is 5.14. The Hall–Kier alpha value is -5.09. The molecule has 0 heterocycles. The summed E-state index contributed by atoms with van der Waals surface area (Å²) in [4.78, 5) is 13.5. The molecule has 3 N–H and O–H groups in total. The van der Waals surface area contributed by atoms with Crippen LogP contribution in [0.15, 0.2) is 127 Å². The van der Waals surface area contributed by atoms with Gasteiger partial charge in [0.1, 0.15) is 17.2 Å². The number of phenolic OH excluding ortho intramolecular Hbond substituents is 3. The highest BCUT2D eigenvalue weighted by atomic mass is 16.3. The van der Waals surface area contributed by atoms with Gasteiger partial charge in [-0.05, 0) is 93.6 Å². The van der Waals surface area contributed by atoms with Crippen molar-refractivity contribution in [1.82, 2.24) is 0 Å². The molecule has 0 unspecified atom stereocenters. The second-order valence-corrected chi connectivity index (χ2v) is 8.66. The third-order valence-corrected chi connectivity index (χ3v) is 6.20. The topological polar surface area (TPSA) is 77.8 Å². The number of ketones is 1. The van der Waals surface area contributed by atoms with Gasteiger partial charge in [-0.15, -0.1) is 0 Å². The van der Waals surface area contributed by atoms with Crippen molar-refractivity contribution in [1.29, 1.82) is 0 Å². The first-order valence-electron chi connectivity index (χ1n) is 11.8. The zero-order valence-electron chi connectivity index (χ0n) is 19.9. The van der Waals surface area contributed by atoms with Gasteiger partial charge in [-0.3, -0.25) is 4.79 Å². The molecule has 4 nitrogen and oxygen atoms in total. The van der Waals surface area contributed by atoms with Crippen LogP contribution in [0.5, 0.6) is 17.2 Å². The molecule has 5 aromatic rings. The average molecular weight is 485 g/mol. The Morgan fingerprint density at radius 2 is 0.946 bits per heavy atom. The molecule has 0 aliphatic rings. The van der Waals surface area contributed by atoms with E-state index >= 15 is 0 Å². The molecule has 0 bridgehead atoms. The van der Waals surface area contributed by atoms with E-state index in [1.165, 1.54) is 12.1 Å². The van der Waals surface area contributed by atoms with Crippen LogP contribution in [-0.4, -0.2) is 21.1 Å². The van der Waals surface area contributed by atoms with Crippen molar-refractivity contribution in [2.24, 2.45) is 0 Å². The van der Waals surface area contributed by atoms with Crippen molar-refractivity contribution in [3.05, 3.63) is 144 Å². The quantitative estimate of drug-likeness (QED) is 0.173. The maximum absolute atomic E-state index is 13.5. The lowest BCUT2D eigenvalue weighted by Crippen LogP contribution is -2.01. The van der Waals surface area contributed by atoms with Crippen LogP contribution in [-0.2, 0) is 0 Å². The summed E-state index contributed by atoms with van der Waals surface area (Å²) in [6, 6.07) is 35.8. The third-order valence-electron chi connectivity index (χ3n) is 6.20. The normalized spacial score (nSPS) is 11.3. The van der Waals surface area contributed by atoms with E-state index in [1.807, 2.05) is 72.8 Å². The number of phenols is 3. The first-order valence-corrected chi connectivity index (χ1v) is 11.8. The lowest BCUT2D eigenvalue weighted by molar-refractivity contribution is 0.104. The van der Waals surface area contributed by atoms with Gasteiger partial charge in [0.2, 0.25) is 0 Å². The van der Waals surface area contributed by atoms with Gasteiger partial charge in [-0.1, -0.05) is 72.8 Å². The maximum Gasteiger partial charge on any atom is 0.186 e. The predicted octanol–water partition coefficient (Wildman–Crippen LogP) is 7.45. The van der Waals surface area contributed by atoms with Crippen LogP contribution in [0.25, 0.3) is 27.8 Å². The number of carbonyl (C=O) groups excluding carboxylic acids is 1. The summed E-state index contributed by atoms with van der Waals surface area (Å²) in [5.74, 6) is 0.231. The summed E-state index contributed by atoms with van der Waals surface area (Å²) < 4.78 is 0. The minimum atomic E-state index is -0.198. The fourth-order valence-electron chi connectivity index (χ4n) is 4.36. The molecule has 5 rings (SSSR count). The van der Waals surface area contributed by atoms with Gasteiger partial charge in [0.15, 0.2) is 5.78 Å². The first-order chi connectivity index (χ1) is 18.0. The second kappa shape index (κ2) is 10.3. The zero-order chi connectivity index (χ0) is 25.8. The summed E-state index contributed by atoms with van der Waals surface area (Å²) in [6.07, 6.45) is 1.63. The van der Waals surface area contributed by atoms with E-state index in [2.05, 4.69) is 0 Å². The maximum atomic E-state index is 13.5. The van der Waals surface area contributed by atoms with Crippen molar-refractivity contribution < 1.29 is 20.1 Å². The molecule has 0 fully saturated rings. The molecule has 0 radical (unpaired) electrons. The van der Waals surface area contributed by atoms with Crippen LogP contribution in [0.2, 0.25) is 0 Å². The number of hydrogen-bond donors (Lipinski definition) is 3. The fraction of sp³-hybridized carbons (Fsp3) is 0. The molecule has 180 valence electrons. The SMILES string of the molecule is O=C(/C=C(\c1ccccc1)c1c(-c2ccc(O)cc2)cccc1-c1ccc(O)cc1)c1ccc(O)cc1. The molecule has 0 atom stereocenters. The Bertz CT molecular complexity index is 1500. The average Bonchev–Trinajstić information content (AvgIpc) is 2.93. The van der Waals surface area contributed by atoms with Crippen molar-refractivity contribution in [2.75, 3.05) is 0 Å². The van der Waals surface area contributed by atoms with Gasteiger partial charge >= 0.3 is 0 Å². The number of benzene rings is 5. The lowest BCUT2D eigenvalue weighted by atomic mass is 9.84. The van der Waals surface area contributed by atoms with Gasteiger partial charge in [-0.25, -0.2) is 0 Å². The number of hydrogen-bond acceptors (Lipinski definition) is 4. The fourth-order valence-corrected chi connectivity index (χ4v) is 4.36. The number of aromatic hydroxyl groups is 3. The van der Waals surface area contributed by atoms with Crippen LogP contribution in [0.3, 0.4) is 0 Å². The van der Waals surface area contributed by atoms with Crippen LogP contribution in [0.1, 0.15) is 21.5 Å². The molecule has 0 aromatic heterocycles. The van der Waals surface area contributed by atoms with E-state index in [9.17, 15) is 20.1 Å². The van der Waals surface area contributed by atoms with Gasteiger partial charge in [-0.2, -0.15) is 0 Å². The summed E-state index contributed by atoms with van der Waals surface area (Å²) >= 11 is 0. The molecule has 5 aromatic carbocycles. The Kier molecular flexibility index (Phi) is 6.56. The van der Waals surface area contributed by atoms with Crippen LogP contribution < -0.4 is 0 Å². The highest BCUT2D eigenvalue weighted by Crippen LogP contribution is 2.40. The molecule has 0 saturated carbocycles. The van der Waals surface area contributed by atoms with Gasteiger partial charge in [0, 0.05) is 5.56 Å². The number of allylic oxidation sites excluding steroid dienone is 1. The smallest absolute Gasteiger partial charge is 0.186 e. The van der Waals surface area contributed by atoms with Gasteiger partial charge < -0.3 is 15.3 Å². The molecule has 4 heteroatoms. The Balaban J connectivity index is 1.80. The number of carbonyl (C=O) groups is 1. The Labute approximate surface area is 215 Å². The molecule has 0 aliphatic carbocycles. The molecule has 0 spiro atoms. The summed E-state index contributed by atoms with van der Waals surface area (Å²) in [5, 5.41) is 29.4. The van der Waals surface area contributed by atoms with Crippen molar-refractivity contribution in [3.63, 3.8) is 0 Å².